The van der Waals surface area contributed by atoms with E-state index in [1.54, 1.807) is 25.1 Å². The fourth-order valence-electron chi connectivity index (χ4n) is 2.24. The number of hydrogen-bond acceptors (Lipinski definition) is 3. The molecule has 0 spiro atoms. The summed E-state index contributed by atoms with van der Waals surface area (Å²) < 4.78 is 26.4. The van der Waals surface area contributed by atoms with Crippen molar-refractivity contribution in [3.8, 4) is 0 Å². The maximum Gasteiger partial charge on any atom is 0.243 e. The van der Waals surface area contributed by atoms with Gasteiger partial charge >= 0.3 is 0 Å². The molecule has 5 nitrogen and oxygen atoms in total. The number of hydrogen-bond donors (Lipinski definition) is 1. The van der Waals surface area contributed by atoms with Crippen LogP contribution in [0.4, 0.5) is 5.69 Å². The van der Waals surface area contributed by atoms with Crippen molar-refractivity contribution in [2.24, 2.45) is 0 Å². The second-order valence-electron chi connectivity index (χ2n) is 5.39. The Bertz CT molecular complexity index is 868. The first-order valence-electron chi connectivity index (χ1n) is 7.55. The molecule has 0 heterocycles. The van der Waals surface area contributed by atoms with Crippen molar-refractivity contribution in [2.75, 3.05) is 18.4 Å². The Hall–Kier alpha value is -1.60. The van der Waals surface area contributed by atoms with Gasteiger partial charge in [-0.1, -0.05) is 30.1 Å². The van der Waals surface area contributed by atoms with Crippen molar-refractivity contribution >= 4 is 44.8 Å². The number of carbonyl (C=O) groups is 1. The third-order valence-electron chi connectivity index (χ3n) is 3.59. The van der Waals surface area contributed by atoms with Crippen LogP contribution < -0.4 is 5.32 Å². The molecule has 0 aliphatic carbocycles. The van der Waals surface area contributed by atoms with Crippen LogP contribution >= 0.6 is 23.2 Å². The van der Waals surface area contributed by atoms with Gasteiger partial charge in [-0.05, 0) is 55.0 Å². The van der Waals surface area contributed by atoms with Crippen molar-refractivity contribution in [1.82, 2.24) is 4.31 Å². The zero-order chi connectivity index (χ0) is 18.6. The number of amides is 1. The largest absolute Gasteiger partial charge is 0.325 e. The average Bonchev–Trinajstić information content (AvgIpc) is 2.55. The molecule has 2 aromatic carbocycles. The van der Waals surface area contributed by atoms with Gasteiger partial charge < -0.3 is 5.32 Å². The van der Waals surface area contributed by atoms with E-state index in [-0.39, 0.29) is 18.0 Å². The van der Waals surface area contributed by atoms with Crippen LogP contribution in [0, 0.1) is 6.92 Å². The molecule has 1 amide bonds. The van der Waals surface area contributed by atoms with Crippen LogP contribution in [-0.2, 0) is 14.8 Å². The Balaban J connectivity index is 2.15. The molecule has 0 radical (unpaired) electrons. The number of rotatable bonds is 6. The Labute approximate surface area is 157 Å². The summed E-state index contributed by atoms with van der Waals surface area (Å²) in [6, 6.07) is 10.9. The highest BCUT2D eigenvalue weighted by Crippen LogP contribution is 2.21. The first-order valence-corrected chi connectivity index (χ1v) is 9.75. The van der Waals surface area contributed by atoms with E-state index in [0.717, 1.165) is 9.87 Å². The molecule has 2 aromatic rings. The summed E-state index contributed by atoms with van der Waals surface area (Å²) in [6.45, 7) is 3.36. The SMILES string of the molecule is CCN(CC(=O)Nc1ccc(Cl)cc1C)S(=O)(=O)c1ccc(Cl)cc1. The van der Waals surface area contributed by atoms with Gasteiger partial charge in [0.15, 0.2) is 0 Å². The molecule has 2 rings (SSSR count). The van der Waals surface area contributed by atoms with E-state index in [1.165, 1.54) is 24.3 Å². The van der Waals surface area contributed by atoms with E-state index in [9.17, 15) is 13.2 Å². The van der Waals surface area contributed by atoms with E-state index >= 15 is 0 Å². The third kappa shape index (κ3) is 4.95. The fourth-order valence-corrected chi connectivity index (χ4v) is 4.00. The van der Waals surface area contributed by atoms with Crippen LogP contribution in [0.1, 0.15) is 12.5 Å². The molecule has 0 bridgehead atoms. The zero-order valence-electron chi connectivity index (χ0n) is 13.8. The molecule has 0 saturated heterocycles. The summed E-state index contributed by atoms with van der Waals surface area (Å²) in [4.78, 5) is 12.4. The Morgan fingerprint density at radius 2 is 1.68 bits per heavy atom. The number of nitrogens with zero attached hydrogens (tertiary/aromatic N) is 1. The van der Waals surface area contributed by atoms with Gasteiger partial charge in [0.25, 0.3) is 0 Å². The molecular formula is C17H18Cl2N2O3S. The van der Waals surface area contributed by atoms with Crippen molar-refractivity contribution in [1.29, 1.82) is 0 Å². The van der Waals surface area contributed by atoms with E-state index in [4.69, 9.17) is 23.2 Å². The van der Waals surface area contributed by atoms with Gasteiger partial charge in [-0.25, -0.2) is 8.42 Å². The molecule has 8 heteroatoms. The second-order valence-corrected chi connectivity index (χ2v) is 8.20. The monoisotopic (exact) mass is 400 g/mol. The molecule has 134 valence electrons. The molecule has 0 unspecified atom stereocenters. The van der Waals surface area contributed by atoms with Gasteiger partial charge in [0.2, 0.25) is 15.9 Å². The predicted octanol–water partition coefficient (Wildman–Crippen LogP) is 3.95. The van der Waals surface area contributed by atoms with Gasteiger partial charge in [-0.15, -0.1) is 0 Å². The van der Waals surface area contributed by atoms with Crippen LogP contribution in [-0.4, -0.2) is 31.7 Å². The lowest BCUT2D eigenvalue weighted by Gasteiger charge is -2.20. The summed E-state index contributed by atoms with van der Waals surface area (Å²) in [5.41, 5.74) is 1.39. The molecule has 0 atom stereocenters. The number of benzene rings is 2. The second kappa shape index (κ2) is 8.19. The van der Waals surface area contributed by atoms with Gasteiger partial charge in [0.1, 0.15) is 0 Å². The number of carbonyl (C=O) groups excluding carboxylic acids is 1. The van der Waals surface area contributed by atoms with Gasteiger partial charge in [-0.3, -0.25) is 4.79 Å². The molecule has 1 N–H and O–H groups in total. The third-order valence-corrected chi connectivity index (χ3v) is 6.01. The quantitative estimate of drug-likeness (QED) is 0.797. The van der Waals surface area contributed by atoms with Crippen LogP contribution in [0.2, 0.25) is 10.0 Å². The van der Waals surface area contributed by atoms with Crippen molar-refractivity contribution in [2.45, 2.75) is 18.7 Å². The van der Waals surface area contributed by atoms with Gasteiger partial charge in [0, 0.05) is 22.3 Å². The van der Waals surface area contributed by atoms with Crippen molar-refractivity contribution < 1.29 is 13.2 Å². The molecule has 25 heavy (non-hydrogen) atoms. The lowest BCUT2D eigenvalue weighted by atomic mass is 10.2. The molecule has 0 aliphatic heterocycles. The highest BCUT2D eigenvalue weighted by molar-refractivity contribution is 7.89. The van der Waals surface area contributed by atoms with E-state index in [0.29, 0.717) is 15.7 Å². The summed E-state index contributed by atoms with van der Waals surface area (Å²) in [5.74, 6) is -0.426. The minimum absolute atomic E-state index is 0.0919. The standard InChI is InChI=1S/C17H18Cl2N2O3S/c1-3-21(25(23,24)15-7-4-13(18)5-8-15)11-17(22)20-16-9-6-14(19)10-12(16)2/h4-10H,3,11H2,1-2H3,(H,20,22). The lowest BCUT2D eigenvalue weighted by molar-refractivity contribution is -0.116. The smallest absolute Gasteiger partial charge is 0.243 e. The lowest BCUT2D eigenvalue weighted by Crippen LogP contribution is -2.37. The fraction of sp³-hybridized carbons (Fsp3) is 0.235. The van der Waals surface area contributed by atoms with Crippen LogP contribution in [0.25, 0.3) is 0 Å². The van der Waals surface area contributed by atoms with Crippen LogP contribution in [0.15, 0.2) is 47.4 Å². The topological polar surface area (TPSA) is 66.5 Å². The minimum atomic E-state index is -3.78. The number of likely N-dealkylation sites (N-methyl/N-ethyl adjacent to an activating group) is 1. The number of nitrogens with one attached hydrogen (secondary N) is 1. The summed E-state index contributed by atoms with van der Waals surface area (Å²) in [6.07, 6.45) is 0. The Morgan fingerprint density at radius 1 is 1.08 bits per heavy atom. The molecule has 0 saturated carbocycles. The number of halogens is 2. The highest BCUT2D eigenvalue weighted by Gasteiger charge is 2.25. The minimum Gasteiger partial charge on any atom is -0.325 e. The Morgan fingerprint density at radius 3 is 2.24 bits per heavy atom. The zero-order valence-corrected chi connectivity index (χ0v) is 16.1. The first-order chi connectivity index (χ1) is 11.7. The summed E-state index contributed by atoms with van der Waals surface area (Å²) in [5, 5.41) is 3.72. The molecule has 0 fully saturated rings. The highest BCUT2D eigenvalue weighted by atomic mass is 35.5. The van der Waals surface area contributed by atoms with Gasteiger partial charge in [0.05, 0.1) is 11.4 Å². The molecule has 0 aromatic heterocycles. The predicted molar refractivity (Wildman–Crippen MR) is 101 cm³/mol. The van der Waals surface area contributed by atoms with Gasteiger partial charge in [-0.2, -0.15) is 4.31 Å². The first kappa shape index (κ1) is 19.7. The van der Waals surface area contributed by atoms with Crippen molar-refractivity contribution in [3.05, 3.63) is 58.1 Å². The van der Waals surface area contributed by atoms with E-state index < -0.39 is 15.9 Å². The van der Waals surface area contributed by atoms with Crippen LogP contribution in [0.5, 0.6) is 0 Å². The summed E-state index contributed by atoms with van der Waals surface area (Å²) in [7, 11) is -3.78. The van der Waals surface area contributed by atoms with E-state index in [2.05, 4.69) is 5.32 Å². The normalized spacial score (nSPS) is 11.6. The number of aryl methyl sites for hydroxylation is 1. The van der Waals surface area contributed by atoms with Crippen LogP contribution in [0.3, 0.4) is 0 Å². The Kier molecular flexibility index (Phi) is 6.46. The van der Waals surface area contributed by atoms with E-state index in [1.807, 2.05) is 6.92 Å². The maximum absolute atomic E-state index is 12.7. The molecular weight excluding hydrogens is 383 g/mol. The maximum atomic E-state index is 12.7. The van der Waals surface area contributed by atoms with Crippen molar-refractivity contribution in [3.63, 3.8) is 0 Å². The molecule has 0 aliphatic rings. The number of sulfonamides is 1. The average molecular weight is 401 g/mol. The number of anilines is 1. The summed E-state index contributed by atoms with van der Waals surface area (Å²) >= 11 is 11.7.